The summed E-state index contributed by atoms with van der Waals surface area (Å²) in [4.78, 5) is 16.4. The van der Waals surface area contributed by atoms with E-state index in [-0.39, 0.29) is 0 Å². The Morgan fingerprint density at radius 3 is 1.45 bits per heavy atom. The standard InChI is InChI=1S/C72H79N3O3S2/c1-5-9-13-17-21-52-25-31-56(32-26-52)72(57-33-27-53(28-34-57)22-18-14-10-6-2)66-49-60(75(58-35-40-61(41-36-58)77-47-19-15-11-7-3)59-37-42-62(43-38-59)78-48-20-16-12-8-4)39-44-64(66)71-67(72)50-68(79-71)65-46-45-63(69-70(65)74-80-73-69)55-29-23-54(51-76)24-30-55/h23-46,49-51H,5-22,47-48H2,1-4H3. The van der Waals surface area contributed by atoms with Crippen molar-refractivity contribution in [2.45, 2.75) is 149 Å². The molecule has 0 unspecified atom stereocenters. The van der Waals surface area contributed by atoms with Crippen molar-refractivity contribution in [3.63, 3.8) is 0 Å². The lowest BCUT2D eigenvalue weighted by molar-refractivity contribution is 0.112. The highest BCUT2D eigenvalue weighted by atomic mass is 32.1. The van der Waals surface area contributed by atoms with Crippen LogP contribution in [-0.4, -0.2) is 28.2 Å². The van der Waals surface area contributed by atoms with Crippen LogP contribution in [0, 0.1) is 0 Å². The smallest absolute Gasteiger partial charge is 0.150 e. The van der Waals surface area contributed by atoms with Gasteiger partial charge in [0.05, 0.1) is 30.4 Å². The van der Waals surface area contributed by atoms with Gasteiger partial charge in [-0.05, 0) is 150 Å². The molecule has 80 heavy (non-hydrogen) atoms. The molecule has 0 spiro atoms. The van der Waals surface area contributed by atoms with Gasteiger partial charge in [-0.15, -0.1) is 11.3 Å². The summed E-state index contributed by atoms with van der Waals surface area (Å²) in [5, 5.41) is 0. The molecule has 0 amide bonds. The molecular weight excluding hydrogens is 1020 g/mol. The average Bonchev–Trinajstić information content (AvgIpc) is 4.41. The van der Waals surface area contributed by atoms with Crippen molar-refractivity contribution in [3.8, 4) is 43.5 Å². The monoisotopic (exact) mass is 1100 g/mol. The van der Waals surface area contributed by atoms with E-state index < -0.39 is 5.41 Å². The third-order valence-corrected chi connectivity index (χ3v) is 17.9. The van der Waals surface area contributed by atoms with Crippen LogP contribution in [0.1, 0.15) is 174 Å². The second-order valence-corrected chi connectivity index (χ2v) is 23.4. The van der Waals surface area contributed by atoms with Gasteiger partial charge in [-0.3, -0.25) is 4.79 Å². The van der Waals surface area contributed by atoms with Crippen LogP contribution in [0.4, 0.5) is 17.1 Å². The first-order chi connectivity index (χ1) is 39.5. The lowest BCUT2D eigenvalue weighted by atomic mass is 9.67. The van der Waals surface area contributed by atoms with E-state index in [1.807, 2.05) is 35.6 Å². The van der Waals surface area contributed by atoms with Gasteiger partial charge in [0, 0.05) is 43.5 Å². The van der Waals surface area contributed by atoms with Crippen LogP contribution in [0.5, 0.6) is 11.5 Å². The summed E-state index contributed by atoms with van der Waals surface area (Å²) in [5.74, 6) is 1.78. The lowest BCUT2D eigenvalue weighted by Crippen LogP contribution is -2.28. The molecule has 1 aliphatic rings. The quantitative estimate of drug-likeness (QED) is 0.0330. The number of ether oxygens (including phenoxy) is 2. The number of thiophene rings is 1. The van der Waals surface area contributed by atoms with Gasteiger partial charge in [-0.1, -0.05) is 196 Å². The molecular formula is C72H79N3O3S2. The number of aldehydes is 1. The molecule has 412 valence electrons. The fourth-order valence-electron chi connectivity index (χ4n) is 11.8. The van der Waals surface area contributed by atoms with Gasteiger partial charge in [0.25, 0.3) is 0 Å². The summed E-state index contributed by atoms with van der Waals surface area (Å²) in [7, 11) is 0. The number of carbonyl (C=O) groups excluding carboxylic acids is 1. The summed E-state index contributed by atoms with van der Waals surface area (Å²) < 4.78 is 22.5. The van der Waals surface area contributed by atoms with Crippen molar-refractivity contribution >= 4 is 57.4 Å². The third-order valence-electron chi connectivity index (χ3n) is 16.2. The fourth-order valence-corrected chi connectivity index (χ4v) is 13.6. The summed E-state index contributed by atoms with van der Waals surface area (Å²) in [6.07, 6.45) is 22.3. The summed E-state index contributed by atoms with van der Waals surface area (Å²) in [5.41, 5.74) is 17.1. The number of benzene rings is 7. The Balaban J connectivity index is 1.13. The first-order valence-electron chi connectivity index (χ1n) is 30.0. The van der Waals surface area contributed by atoms with Crippen molar-refractivity contribution in [1.82, 2.24) is 8.75 Å². The minimum absolute atomic E-state index is 0.651. The maximum absolute atomic E-state index is 11.6. The largest absolute Gasteiger partial charge is 0.494 e. The number of fused-ring (bicyclic) bond motifs is 4. The van der Waals surface area contributed by atoms with Crippen LogP contribution in [0.25, 0.3) is 43.0 Å². The van der Waals surface area contributed by atoms with Crippen LogP contribution in [0.2, 0.25) is 0 Å². The molecule has 2 heterocycles. The van der Waals surface area contributed by atoms with Gasteiger partial charge in [-0.25, -0.2) is 0 Å². The molecule has 0 N–H and O–H groups in total. The number of hydrogen-bond donors (Lipinski definition) is 0. The number of rotatable bonds is 30. The molecule has 10 rings (SSSR count). The average molecular weight is 1100 g/mol. The molecule has 0 bridgehead atoms. The van der Waals surface area contributed by atoms with E-state index in [1.54, 1.807) is 0 Å². The number of hydrogen-bond acceptors (Lipinski definition) is 8. The molecule has 7 aromatic carbocycles. The van der Waals surface area contributed by atoms with Crippen molar-refractivity contribution in [2.75, 3.05) is 18.1 Å². The highest BCUT2D eigenvalue weighted by molar-refractivity contribution is 7.19. The summed E-state index contributed by atoms with van der Waals surface area (Å²) in [6.45, 7) is 10.5. The first-order valence-corrected chi connectivity index (χ1v) is 31.6. The van der Waals surface area contributed by atoms with E-state index in [4.69, 9.17) is 18.2 Å². The van der Waals surface area contributed by atoms with Crippen LogP contribution in [-0.2, 0) is 18.3 Å². The number of aryl methyl sites for hydroxylation is 2. The zero-order valence-corrected chi connectivity index (χ0v) is 49.2. The molecule has 2 aromatic heterocycles. The van der Waals surface area contributed by atoms with E-state index >= 15 is 0 Å². The van der Waals surface area contributed by atoms with Gasteiger partial charge in [0.15, 0.2) is 0 Å². The Morgan fingerprint density at radius 2 is 0.938 bits per heavy atom. The minimum atomic E-state index is -0.659. The van der Waals surface area contributed by atoms with Crippen LogP contribution >= 0.6 is 23.1 Å². The summed E-state index contributed by atoms with van der Waals surface area (Å²) >= 11 is 3.11. The minimum Gasteiger partial charge on any atom is -0.494 e. The van der Waals surface area contributed by atoms with Gasteiger partial charge >= 0.3 is 0 Å². The van der Waals surface area contributed by atoms with Gasteiger partial charge < -0.3 is 14.4 Å². The van der Waals surface area contributed by atoms with Crippen LogP contribution in [0.3, 0.4) is 0 Å². The fraction of sp³-hybridized carbons (Fsp3) is 0.347. The molecule has 0 atom stereocenters. The molecule has 9 aromatic rings. The van der Waals surface area contributed by atoms with E-state index in [1.165, 1.54) is 145 Å². The van der Waals surface area contributed by atoms with E-state index in [9.17, 15) is 4.79 Å². The summed E-state index contributed by atoms with van der Waals surface area (Å²) in [6, 6.07) is 58.5. The lowest BCUT2D eigenvalue weighted by Gasteiger charge is -2.35. The molecule has 1 aliphatic carbocycles. The SMILES string of the molecule is CCCCCCOc1ccc(N(c2ccc(OCCCCCC)cc2)c2ccc3c(c2)C(c2ccc(CCCCCC)cc2)(c2ccc(CCCCCC)cc2)c2cc(-c4ccc(-c5ccc(C=O)cc5)c5nsnc45)sc2-3)cc1. The molecule has 6 nitrogen and oxygen atoms in total. The van der Waals surface area contributed by atoms with E-state index in [0.29, 0.717) is 5.56 Å². The zero-order chi connectivity index (χ0) is 55.1. The normalized spacial score (nSPS) is 12.4. The molecule has 0 radical (unpaired) electrons. The first kappa shape index (κ1) is 56.4. The predicted octanol–water partition coefficient (Wildman–Crippen LogP) is 20.9. The number of carbonyl (C=O) groups is 1. The van der Waals surface area contributed by atoms with E-state index in [2.05, 4.69) is 166 Å². The third kappa shape index (κ3) is 12.5. The second kappa shape index (κ2) is 27.5. The Morgan fingerprint density at radius 1 is 0.463 bits per heavy atom. The maximum Gasteiger partial charge on any atom is 0.150 e. The van der Waals surface area contributed by atoms with Gasteiger partial charge in [0.1, 0.15) is 28.8 Å². The molecule has 0 saturated carbocycles. The maximum atomic E-state index is 11.6. The molecule has 0 aliphatic heterocycles. The van der Waals surface area contributed by atoms with Crippen molar-refractivity contribution in [3.05, 3.63) is 197 Å². The Labute approximate surface area is 484 Å². The van der Waals surface area contributed by atoms with Crippen LogP contribution < -0.4 is 14.4 Å². The van der Waals surface area contributed by atoms with Crippen LogP contribution in [0.15, 0.2) is 158 Å². The number of nitrogens with zero attached hydrogens (tertiary/aromatic N) is 3. The highest BCUT2D eigenvalue weighted by Crippen LogP contribution is 2.61. The van der Waals surface area contributed by atoms with Gasteiger partial charge in [0.2, 0.25) is 0 Å². The number of aromatic nitrogens is 2. The van der Waals surface area contributed by atoms with E-state index in [0.717, 1.165) is 106 Å². The molecule has 8 heteroatoms. The Bertz CT molecular complexity index is 3280. The number of anilines is 3. The highest BCUT2D eigenvalue weighted by Gasteiger charge is 2.48. The van der Waals surface area contributed by atoms with Crippen molar-refractivity contribution < 1.29 is 14.3 Å². The molecule has 0 saturated heterocycles. The Hall–Kier alpha value is -6.87. The topological polar surface area (TPSA) is 64.6 Å². The Kier molecular flexibility index (Phi) is 19.4. The second-order valence-electron chi connectivity index (χ2n) is 21.9. The number of unbranched alkanes of at least 4 members (excludes halogenated alkanes) is 12. The van der Waals surface area contributed by atoms with Gasteiger partial charge in [-0.2, -0.15) is 8.75 Å². The molecule has 0 fully saturated rings. The van der Waals surface area contributed by atoms with Crippen molar-refractivity contribution in [1.29, 1.82) is 0 Å². The predicted molar refractivity (Wildman–Crippen MR) is 339 cm³/mol. The van der Waals surface area contributed by atoms with Crippen molar-refractivity contribution in [2.24, 2.45) is 0 Å². The zero-order valence-electron chi connectivity index (χ0n) is 47.6.